The van der Waals surface area contributed by atoms with Crippen LogP contribution in [0.25, 0.3) is 0 Å². The standard InChI is InChI=1S/C23H22BrNO4S/c1-16-5-11-20(12-6-16)30(27,28)25-13-3-4-21-17(15-25)14-23(21,22(26)29-2)18-7-9-19(24)10-8-18/h4-12,15H,3,13-14H2,1-2H3. The second kappa shape index (κ2) is 7.71. The summed E-state index contributed by atoms with van der Waals surface area (Å²) in [5, 5.41) is 0. The highest BCUT2D eigenvalue weighted by Crippen LogP contribution is 2.54. The smallest absolute Gasteiger partial charge is 0.321 e. The minimum atomic E-state index is -3.66. The van der Waals surface area contributed by atoms with Crippen molar-refractivity contribution in [1.82, 2.24) is 4.31 Å². The summed E-state index contributed by atoms with van der Waals surface area (Å²) in [4.78, 5) is 13.1. The number of benzene rings is 2. The third-order valence-electron chi connectivity index (χ3n) is 5.76. The minimum absolute atomic E-state index is 0.264. The van der Waals surface area contributed by atoms with Crippen LogP contribution < -0.4 is 0 Å². The van der Waals surface area contributed by atoms with Crippen molar-refractivity contribution in [1.29, 1.82) is 0 Å². The maximum absolute atomic E-state index is 13.1. The van der Waals surface area contributed by atoms with E-state index in [1.54, 1.807) is 30.5 Å². The largest absolute Gasteiger partial charge is 0.468 e. The fraction of sp³-hybridized carbons (Fsp3) is 0.261. The van der Waals surface area contributed by atoms with Crippen molar-refractivity contribution in [3.05, 3.63) is 87.6 Å². The highest BCUT2D eigenvalue weighted by atomic mass is 79.9. The van der Waals surface area contributed by atoms with Crippen LogP contribution in [-0.2, 0) is 25.0 Å². The molecule has 0 amide bonds. The first kappa shape index (κ1) is 20.9. The van der Waals surface area contributed by atoms with Crippen LogP contribution in [0, 0.1) is 6.92 Å². The van der Waals surface area contributed by atoms with Gasteiger partial charge in [-0.15, -0.1) is 0 Å². The van der Waals surface area contributed by atoms with Crippen molar-refractivity contribution >= 4 is 31.9 Å². The van der Waals surface area contributed by atoms with E-state index >= 15 is 0 Å². The molecule has 0 spiro atoms. The topological polar surface area (TPSA) is 63.7 Å². The van der Waals surface area contributed by atoms with Gasteiger partial charge in [0.25, 0.3) is 10.0 Å². The maximum Gasteiger partial charge on any atom is 0.321 e. The Morgan fingerprint density at radius 2 is 1.77 bits per heavy atom. The third kappa shape index (κ3) is 3.30. The Labute approximate surface area is 185 Å². The molecule has 2 aromatic carbocycles. The molecular weight excluding hydrogens is 466 g/mol. The molecule has 0 saturated heterocycles. The summed E-state index contributed by atoms with van der Waals surface area (Å²) in [6.45, 7) is 2.24. The van der Waals surface area contributed by atoms with Gasteiger partial charge in [0.2, 0.25) is 0 Å². The summed E-state index contributed by atoms with van der Waals surface area (Å²) in [7, 11) is -2.27. The Morgan fingerprint density at radius 1 is 1.10 bits per heavy atom. The lowest BCUT2D eigenvalue weighted by molar-refractivity contribution is -0.147. The summed E-state index contributed by atoms with van der Waals surface area (Å²) in [5.41, 5.74) is 2.62. The lowest BCUT2D eigenvalue weighted by atomic mass is 9.57. The number of nitrogens with zero attached hydrogens (tertiary/aromatic N) is 1. The van der Waals surface area contributed by atoms with Gasteiger partial charge in [-0.1, -0.05) is 51.8 Å². The Balaban J connectivity index is 1.72. The van der Waals surface area contributed by atoms with Gasteiger partial charge in [-0.3, -0.25) is 9.10 Å². The van der Waals surface area contributed by atoms with Crippen LogP contribution in [0.4, 0.5) is 0 Å². The average Bonchev–Trinajstić information content (AvgIpc) is 2.90. The SMILES string of the molecule is COC(=O)C1(c2ccc(Br)cc2)CC2=CN(S(=O)(=O)c3ccc(C)cc3)CCC=C21. The van der Waals surface area contributed by atoms with Gasteiger partial charge in [-0.25, -0.2) is 8.42 Å². The van der Waals surface area contributed by atoms with Crippen molar-refractivity contribution < 1.29 is 17.9 Å². The molecule has 156 valence electrons. The van der Waals surface area contributed by atoms with Crippen molar-refractivity contribution in [2.45, 2.75) is 30.1 Å². The van der Waals surface area contributed by atoms with Gasteiger partial charge < -0.3 is 4.74 Å². The van der Waals surface area contributed by atoms with Gasteiger partial charge >= 0.3 is 5.97 Å². The number of esters is 1. The average molecular weight is 488 g/mol. The second-order valence-electron chi connectivity index (χ2n) is 7.57. The number of ether oxygens (including phenoxy) is 1. The summed E-state index contributed by atoms with van der Waals surface area (Å²) in [5.74, 6) is -0.330. The molecule has 2 aromatic rings. The number of rotatable bonds is 4. The summed E-state index contributed by atoms with van der Waals surface area (Å²) in [6.07, 6.45) is 4.55. The fourth-order valence-corrected chi connectivity index (χ4v) is 5.77. The second-order valence-corrected chi connectivity index (χ2v) is 10.4. The molecule has 0 bridgehead atoms. The summed E-state index contributed by atoms with van der Waals surface area (Å²) >= 11 is 3.43. The Kier molecular flexibility index (Phi) is 5.36. The maximum atomic E-state index is 13.1. The van der Waals surface area contributed by atoms with Gasteiger partial charge in [0, 0.05) is 17.2 Å². The zero-order valence-electron chi connectivity index (χ0n) is 16.8. The number of hydrogen-bond acceptors (Lipinski definition) is 4. The molecule has 1 saturated carbocycles. The van der Waals surface area contributed by atoms with Gasteiger partial charge in [0.1, 0.15) is 5.41 Å². The van der Waals surface area contributed by atoms with E-state index in [1.165, 1.54) is 11.4 Å². The van der Waals surface area contributed by atoms with Crippen molar-refractivity contribution in [3.63, 3.8) is 0 Å². The minimum Gasteiger partial charge on any atom is -0.468 e. The van der Waals surface area contributed by atoms with E-state index in [2.05, 4.69) is 15.9 Å². The van der Waals surface area contributed by atoms with Crippen molar-refractivity contribution in [3.8, 4) is 0 Å². The van der Waals surface area contributed by atoms with E-state index < -0.39 is 15.4 Å². The third-order valence-corrected chi connectivity index (χ3v) is 8.06. The van der Waals surface area contributed by atoms with Crippen LogP contribution in [0.1, 0.15) is 24.0 Å². The quantitative estimate of drug-likeness (QED) is 0.596. The molecule has 7 heteroatoms. The zero-order valence-corrected chi connectivity index (χ0v) is 19.2. The number of sulfonamides is 1. The summed E-state index contributed by atoms with van der Waals surface area (Å²) in [6, 6.07) is 14.4. The van der Waals surface area contributed by atoms with E-state index in [-0.39, 0.29) is 10.9 Å². The molecule has 5 nitrogen and oxygen atoms in total. The Morgan fingerprint density at radius 3 is 2.40 bits per heavy atom. The molecule has 0 N–H and O–H groups in total. The first-order valence-corrected chi connectivity index (χ1v) is 11.9. The molecule has 0 aromatic heterocycles. The van der Waals surface area contributed by atoms with Gasteiger partial charge in [-0.2, -0.15) is 0 Å². The Bertz CT molecular complexity index is 1150. The predicted molar refractivity (Wildman–Crippen MR) is 118 cm³/mol. The summed E-state index contributed by atoms with van der Waals surface area (Å²) < 4.78 is 33.8. The Hall–Kier alpha value is -2.38. The normalized spacial score (nSPS) is 21.0. The van der Waals surface area contributed by atoms with E-state index in [0.29, 0.717) is 19.4 Å². The molecule has 4 rings (SSSR count). The van der Waals surface area contributed by atoms with Crippen LogP contribution >= 0.6 is 15.9 Å². The van der Waals surface area contributed by atoms with Gasteiger partial charge in [0.15, 0.2) is 0 Å². The van der Waals surface area contributed by atoms with E-state index in [0.717, 1.165) is 26.7 Å². The molecule has 1 fully saturated rings. The first-order valence-electron chi connectivity index (χ1n) is 9.64. The van der Waals surface area contributed by atoms with E-state index in [9.17, 15) is 13.2 Å². The van der Waals surface area contributed by atoms with E-state index in [4.69, 9.17) is 4.74 Å². The van der Waals surface area contributed by atoms with Crippen LogP contribution in [0.5, 0.6) is 0 Å². The van der Waals surface area contributed by atoms with Crippen LogP contribution in [0.3, 0.4) is 0 Å². The van der Waals surface area contributed by atoms with Crippen LogP contribution in [-0.4, -0.2) is 32.3 Å². The molecule has 1 atom stereocenters. The number of carbonyl (C=O) groups is 1. The first-order chi connectivity index (χ1) is 14.3. The molecule has 0 radical (unpaired) electrons. The lowest BCUT2D eigenvalue weighted by Crippen LogP contribution is -2.47. The lowest BCUT2D eigenvalue weighted by Gasteiger charge is -2.44. The molecule has 1 aliphatic carbocycles. The zero-order chi connectivity index (χ0) is 21.5. The number of hydrogen-bond donors (Lipinski definition) is 0. The number of methoxy groups -OCH3 is 1. The predicted octanol–water partition coefficient (Wildman–Crippen LogP) is 4.48. The molecule has 2 aliphatic rings. The molecule has 1 heterocycles. The van der Waals surface area contributed by atoms with Crippen LogP contribution in [0.15, 0.2) is 81.3 Å². The van der Waals surface area contributed by atoms with Crippen LogP contribution in [0.2, 0.25) is 0 Å². The number of halogens is 1. The number of carbonyl (C=O) groups excluding carboxylic acids is 1. The fourth-order valence-electron chi connectivity index (χ4n) is 4.14. The van der Waals surface area contributed by atoms with Gasteiger partial charge in [0.05, 0.1) is 12.0 Å². The highest BCUT2D eigenvalue weighted by molar-refractivity contribution is 9.10. The molecule has 1 unspecified atom stereocenters. The van der Waals surface area contributed by atoms with Crippen molar-refractivity contribution in [2.75, 3.05) is 13.7 Å². The monoisotopic (exact) mass is 487 g/mol. The number of aryl methyl sites for hydroxylation is 1. The number of allylic oxidation sites excluding steroid dienone is 1. The molecule has 30 heavy (non-hydrogen) atoms. The van der Waals surface area contributed by atoms with Crippen molar-refractivity contribution in [2.24, 2.45) is 0 Å². The molecule has 1 aliphatic heterocycles. The van der Waals surface area contributed by atoms with Gasteiger partial charge in [-0.05, 0) is 60.7 Å². The number of fused-ring (bicyclic) bond motifs is 1. The van der Waals surface area contributed by atoms with E-state index in [1.807, 2.05) is 37.3 Å². The highest BCUT2D eigenvalue weighted by Gasteiger charge is 2.54. The molecular formula is C23H22BrNO4S.